The van der Waals surface area contributed by atoms with E-state index in [2.05, 4.69) is 10.6 Å². The van der Waals surface area contributed by atoms with E-state index >= 15 is 0 Å². The van der Waals surface area contributed by atoms with Gasteiger partial charge in [0.2, 0.25) is 0 Å². The SMILES string of the molecule is Cc1ccc(NC(=O)N(C)N)cc1NC(=O)N(C)N. The summed E-state index contributed by atoms with van der Waals surface area (Å²) in [6, 6.07) is 4.18. The molecule has 19 heavy (non-hydrogen) atoms. The maximum Gasteiger partial charge on any atom is 0.335 e. The van der Waals surface area contributed by atoms with Crippen molar-refractivity contribution in [3.63, 3.8) is 0 Å². The van der Waals surface area contributed by atoms with Crippen LogP contribution in [0.4, 0.5) is 21.0 Å². The number of hydrogen-bond acceptors (Lipinski definition) is 4. The first-order valence-electron chi connectivity index (χ1n) is 5.50. The van der Waals surface area contributed by atoms with E-state index in [4.69, 9.17) is 11.7 Å². The van der Waals surface area contributed by atoms with Crippen LogP contribution in [-0.4, -0.2) is 36.2 Å². The molecule has 0 radical (unpaired) electrons. The van der Waals surface area contributed by atoms with Gasteiger partial charge < -0.3 is 10.6 Å². The summed E-state index contributed by atoms with van der Waals surface area (Å²) in [6.07, 6.45) is 0. The number of amides is 4. The highest BCUT2D eigenvalue weighted by Gasteiger charge is 2.09. The van der Waals surface area contributed by atoms with Crippen molar-refractivity contribution in [1.29, 1.82) is 0 Å². The van der Waals surface area contributed by atoms with Crippen molar-refractivity contribution in [2.45, 2.75) is 6.92 Å². The lowest BCUT2D eigenvalue weighted by Crippen LogP contribution is -2.37. The molecule has 0 aromatic heterocycles. The van der Waals surface area contributed by atoms with Crippen LogP contribution in [0.1, 0.15) is 5.56 Å². The largest absolute Gasteiger partial charge is 0.335 e. The summed E-state index contributed by atoms with van der Waals surface area (Å²) in [6.45, 7) is 1.83. The minimum atomic E-state index is -0.461. The van der Waals surface area contributed by atoms with E-state index in [1.54, 1.807) is 18.2 Å². The van der Waals surface area contributed by atoms with Gasteiger partial charge in [-0.2, -0.15) is 0 Å². The van der Waals surface area contributed by atoms with Crippen molar-refractivity contribution in [3.05, 3.63) is 23.8 Å². The van der Waals surface area contributed by atoms with E-state index < -0.39 is 12.1 Å². The lowest BCUT2D eigenvalue weighted by atomic mass is 10.2. The number of aryl methyl sites for hydroxylation is 1. The number of carbonyl (C=O) groups excluding carboxylic acids is 2. The second kappa shape index (κ2) is 6.03. The first kappa shape index (κ1) is 14.7. The number of anilines is 2. The topological polar surface area (TPSA) is 117 Å². The van der Waals surface area contributed by atoms with E-state index in [1.807, 2.05) is 6.92 Å². The number of nitrogens with zero attached hydrogens (tertiary/aromatic N) is 2. The van der Waals surface area contributed by atoms with Gasteiger partial charge in [-0.3, -0.25) is 10.0 Å². The van der Waals surface area contributed by atoms with Gasteiger partial charge in [-0.1, -0.05) is 6.07 Å². The van der Waals surface area contributed by atoms with Crippen LogP contribution in [0, 0.1) is 6.92 Å². The van der Waals surface area contributed by atoms with E-state index in [0.29, 0.717) is 11.4 Å². The van der Waals surface area contributed by atoms with Gasteiger partial charge in [0, 0.05) is 25.5 Å². The molecule has 0 atom stereocenters. The first-order valence-corrected chi connectivity index (χ1v) is 5.50. The average Bonchev–Trinajstić information content (AvgIpc) is 2.32. The highest BCUT2D eigenvalue weighted by atomic mass is 16.2. The second-order valence-corrected chi connectivity index (χ2v) is 4.11. The zero-order valence-corrected chi connectivity index (χ0v) is 11.1. The van der Waals surface area contributed by atoms with Crippen molar-refractivity contribution in [2.24, 2.45) is 11.7 Å². The molecule has 8 nitrogen and oxygen atoms in total. The average molecular weight is 266 g/mol. The number of hydrogen-bond donors (Lipinski definition) is 4. The van der Waals surface area contributed by atoms with Gasteiger partial charge in [-0.25, -0.2) is 21.3 Å². The molecule has 0 fully saturated rings. The maximum atomic E-state index is 11.5. The van der Waals surface area contributed by atoms with E-state index in [1.165, 1.54) is 14.1 Å². The molecule has 1 aromatic rings. The summed E-state index contributed by atoms with van der Waals surface area (Å²) < 4.78 is 0. The van der Waals surface area contributed by atoms with Crippen LogP contribution in [0.5, 0.6) is 0 Å². The van der Waals surface area contributed by atoms with Crippen molar-refractivity contribution in [2.75, 3.05) is 24.7 Å². The van der Waals surface area contributed by atoms with Gasteiger partial charge in [0.25, 0.3) is 0 Å². The Kier molecular flexibility index (Phi) is 4.67. The van der Waals surface area contributed by atoms with Gasteiger partial charge in [0.1, 0.15) is 0 Å². The summed E-state index contributed by atoms with van der Waals surface area (Å²) in [5.74, 6) is 10.6. The van der Waals surface area contributed by atoms with Crippen molar-refractivity contribution in [3.8, 4) is 0 Å². The maximum absolute atomic E-state index is 11.5. The Morgan fingerprint density at radius 1 is 1.05 bits per heavy atom. The normalized spacial score (nSPS) is 9.74. The fourth-order valence-corrected chi connectivity index (χ4v) is 1.25. The molecule has 8 heteroatoms. The molecule has 0 saturated carbocycles. The monoisotopic (exact) mass is 266 g/mol. The number of hydrazine groups is 2. The van der Waals surface area contributed by atoms with Crippen LogP contribution in [0.2, 0.25) is 0 Å². The summed E-state index contributed by atoms with van der Waals surface area (Å²) in [7, 11) is 2.86. The summed E-state index contributed by atoms with van der Waals surface area (Å²) in [4.78, 5) is 22.9. The number of rotatable bonds is 2. The zero-order valence-electron chi connectivity index (χ0n) is 11.1. The predicted octanol–water partition coefficient (Wildman–Crippen LogP) is 0.670. The Morgan fingerprint density at radius 2 is 1.58 bits per heavy atom. The van der Waals surface area contributed by atoms with Crippen molar-refractivity contribution >= 4 is 23.4 Å². The molecule has 4 amide bonds. The Balaban J connectivity index is 2.88. The van der Waals surface area contributed by atoms with Crippen molar-refractivity contribution in [1.82, 2.24) is 10.0 Å². The molecular formula is C11H18N6O2. The summed E-state index contributed by atoms with van der Waals surface area (Å²) in [5.41, 5.74) is 1.91. The summed E-state index contributed by atoms with van der Waals surface area (Å²) in [5, 5.41) is 7.05. The molecule has 1 aromatic carbocycles. The molecule has 0 bridgehead atoms. The fraction of sp³-hybridized carbons (Fsp3) is 0.273. The number of nitrogens with one attached hydrogen (secondary N) is 2. The lowest BCUT2D eigenvalue weighted by molar-refractivity contribution is 0.223. The van der Waals surface area contributed by atoms with Crippen LogP contribution in [0.15, 0.2) is 18.2 Å². The van der Waals surface area contributed by atoms with Crippen LogP contribution in [-0.2, 0) is 0 Å². The molecule has 0 aliphatic heterocycles. The van der Waals surface area contributed by atoms with Crippen LogP contribution in [0.25, 0.3) is 0 Å². The van der Waals surface area contributed by atoms with Gasteiger partial charge in [0.05, 0.1) is 0 Å². The third-order valence-electron chi connectivity index (χ3n) is 2.37. The molecule has 6 N–H and O–H groups in total. The molecule has 0 aliphatic rings. The summed E-state index contributed by atoms with van der Waals surface area (Å²) >= 11 is 0. The van der Waals surface area contributed by atoms with E-state index in [-0.39, 0.29) is 0 Å². The third kappa shape index (κ3) is 4.12. The molecule has 104 valence electrons. The molecule has 0 aliphatic carbocycles. The number of urea groups is 2. The van der Waals surface area contributed by atoms with Crippen molar-refractivity contribution < 1.29 is 9.59 Å². The van der Waals surface area contributed by atoms with E-state index in [9.17, 15) is 9.59 Å². The smallest absolute Gasteiger partial charge is 0.307 e. The van der Waals surface area contributed by atoms with Crippen LogP contribution < -0.4 is 22.3 Å². The Labute approximate surface area is 111 Å². The quantitative estimate of drug-likeness (QED) is 0.357. The van der Waals surface area contributed by atoms with Gasteiger partial charge in [-0.05, 0) is 24.6 Å². The second-order valence-electron chi connectivity index (χ2n) is 4.11. The number of benzene rings is 1. The minimum Gasteiger partial charge on any atom is -0.307 e. The molecule has 0 unspecified atom stereocenters. The Hall–Kier alpha value is -2.32. The molecule has 0 saturated heterocycles. The molecule has 0 heterocycles. The van der Waals surface area contributed by atoms with Crippen LogP contribution >= 0.6 is 0 Å². The van der Waals surface area contributed by atoms with Gasteiger partial charge >= 0.3 is 12.1 Å². The molecular weight excluding hydrogens is 248 g/mol. The fourth-order valence-electron chi connectivity index (χ4n) is 1.25. The third-order valence-corrected chi connectivity index (χ3v) is 2.37. The zero-order chi connectivity index (χ0) is 14.6. The highest BCUT2D eigenvalue weighted by molar-refractivity contribution is 5.93. The molecule has 0 spiro atoms. The van der Waals surface area contributed by atoms with Crippen LogP contribution in [0.3, 0.4) is 0 Å². The number of carbonyl (C=O) groups is 2. The van der Waals surface area contributed by atoms with Gasteiger partial charge in [0.15, 0.2) is 0 Å². The predicted molar refractivity (Wildman–Crippen MR) is 73.1 cm³/mol. The highest BCUT2D eigenvalue weighted by Crippen LogP contribution is 2.20. The standard InChI is InChI=1S/C11H18N6O2/c1-7-4-5-8(14-10(18)16(2)12)6-9(7)15-11(19)17(3)13/h4-6H,12-13H2,1-3H3,(H,14,18)(H,15,19). The Morgan fingerprint density at radius 3 is 2.11 bits per heavy atom. The minimum absolute atomic E-state index is 0.456. The lowest BCUT2D eigenvalue weighted by Gasteiger charge is -2.16. The Bertz CT molecular complexity index is 486. The first-order chi connectivity index (χ1) is 8.81. The molecule has 1 rings (SSSR count). The number of nitrogens with two attached hydrogens (primary N) is 2. The van der Waals surface area contributed by atoms with Gasteiger partial charge in [-0.15, -0.1) is 0 Å². The van der Waals surface area contributed by atoms with E-state index in [0.717, 1.165) is 15.6 Å².